The number of amides is 3. The molecule has 3 N–H and O–H groups in total. The van der Waals surface area contributed by atoms with Gasteiger partial charge in [-0.1, -0.05) is 73.4 Å². The second-order valence-corrected chi connectivity index (χ2v) is 11.4. The van der Waals surface area contributed by atoms with Gasteiger partial charge in [0.1, 0.15) is 17.8 Å². The molecule has 0 aliphatic rings. The van der Waals surface area contributed by atoms with Crippen molar-refractivity contribution in [3.63, 3.8) is 0 Å². The summed E-state index contributed by atoms with van der Waals surface area (Å²) in [6, 6.07) is 14.4. The molecule has 0 radical (unpaired) electrons. The number of nitrogens with one attached hydrogen (secondary N) is 3. The summed E-state index contributed by atoms with van der Waals surface area (Å²) >= 11 is 12.2. The van der Waals surface area contributed by atoms with Gasteiger partial charge < -0.3 is 20.7 Å². The van der Waals surface area contributed by atoms with Crippen molar-refractivity contribution >= 4 is 46.7 Å². The van der Waals surface area contributed by atoms with Crippen molar-refractivity contribution in [2.75, 3.05) is 7.11 Å². The van der Waals surface area contributed by atoms with Crippen molar-refractivity contribution in [2.24, 2.45) is 5.92 Å². The molecular formula is C32H32Cl2F3N3O5. The maximum atomic E-state index is 13.8. The molecule has 0 spiro atoms. The van der Waals surface area contributed by atoms with Crippen molar-refractivity contribution in [2.45, 2.75) is 51.0 Å². The molecule has 0 aliphatic heterocycles. The number of ketones is 1. The quantitative estimate of drug-likeness (QED) is 0.226. The number of Topliss-reactive ketones (excluding diaryl/α,β-unsaturated/α-hetero) is 1. The van der Waals surface area contributed by atoms with Gasteiger partial charge in [-0.15, -0.1) is 0 Å². The number of alkyl halides is 3. The van der Waals surface area contributed by atoms with Gasteiger partial charge in [-0.25, -0.2) is 0 Å². The second-order valence-electron chi connectivity index (χ2n) is 10.6. The summed E-state index contributed by atoms with van der Waals surface area (Å²) in [7, 11) is 1.42. The standard InChI is InChI=1S/C32H32Cl2F3N3O5/c1-18(2)27(29(42)32(35,36)37)39-31(44)28(21-10-12-24(45-3)13-11-21)40-30(43)25(16-19-6-4-8-22(33)14-19)38-26(41)17-20-7-5-9-23(34)15-20/h4-15,18,25,27-28H,16-17H2,1-3H3,(H,38,41)(H,39,44)(H,40,43). The predicted octanol–water partition coefficient (Wildman–Crippen LogP) is 5.40. The molecule has 3 unspecified atom stereocenters. The van der Waals surface area contributed by atoms with Gasteiger partial charge in [-0.3, -0.25) is 19.2 Å². The van der Waals surface area contributed by atoms with E-state index < -0.39 is 53.7 Å². The van der Waals surface area contributed by atoms with Gasteiger partial charge in [0.05, 0.1) is 19.6 Å². The first kappa shape index (κ1) is 35.4. The molecule has 3 amide bonds. The number of ether oxygens (including phenoxy) is 1. The molecule has 13 heteroatoms. The molecule has 3 aromatic rings. The lowest BCUT2D eigenvalue weighted by atomic mass is 9.97. The summed E-state index contributed by atoms with van der Waals surface area (Å²) in [4.78, 5) is 52.4. The highest BCUT2D eigenvalue weighted by molar-refractivity contribution is 6.30. The Morgan fingerprint density at radius 3 is 1.91 bits per heavy atom. The van der Waals surface area contributed by atoms with Crippen molar-refractivity contribution in [3.8, 4) is 5.75 Å². The highest BCUT2D eigenvalue weighted by Gasteiger charge is 2.45. The fraction of sp³-hybridized carbons (Fsp3) is 0.312. The zero-order valence-corrected chi connectivity index (χ0v) is 26.1. The van der Waals surface area contributed by atoms with Gasteiger partial charge in [0.25, 0.3) is 5.78 Å². The molecule has 0 heterocycles. The predicted molar refractivity (Wildman–Crippen MR) is 164 cm³/mol. The number of benzene rings is 3. The molecule has 3 atom stereocenters. The summed E-state index contributed by atoms with van der Waals surface area (Å²) in [6.07, 6.45) is -5.35. The number of carbonyl (C=O) groups excluding carboxylic acids is 4. The maximum absolute atomic E-state index is 13.8. The summed E-state index contributed by atoms with van der Waals surface area (Å²) < 4.78 is 45.1. The van der Waals surface area contributed by atoms with Gasteiger partial charge in [-0.2, -0.15) is 13.2 Å². The Kier molecular flexibility index (Phi) is 12.4. The van der Waals surface area contributed by atoms with Crippen molar-refractivity contribution in [1.29, 1.82) is 0 Å². The number of carbonyl (C=O) groups is 4. The van der Waals surface area contributed by atoms with Gasteiger partial charge in [0, 0.05) is 16.5 Å². The van der Waals surface area contributed by atoms with Crippen LogP contribution in [0.25, 0.3) is 0 Å². The Labute approximate surface area is 268 Å². The van der Waals surface area contributed by atoms with Crippen LogP contribution in [0.2, 0.25) is 10.0 Å². The van der Waals surface area contributed by atoms with Crippen LogP contribution in [0.1, 0.15) is 36.6 Å². The van der Waals surface area contributed by atoms with Gasteiger partial charge in [0.2, 0.25) is 17.7 Å². The molecule has 0 fully saturated rings. The van der Waals surface area contributed by atoms with E-state index in [0.29, 0.717) is 26.9 Å². The van der Waals surface area contributed by atoms with E-state index in [9.17, 15) is 32.3 Å². The molecule has 0 saturated heterocycles. The third-order valence-electron chi connectivity index (χ3n) is 6.76. The van der Waals surface area contributed by atoms with E-state index in [1.54, 1.807) is 48.5 Å². The van der Waals surface area contributed by atoms with E-state index in [0.717, 1.165) is 0 Å². The SMILES string of the molecule is COc1ccc(C(NC(=O)C(Cc2cccc(Cl)c2)NC(=O)Cc2cccc(Cl)c2)C(=O)NC(C(=O)C(F)(F)F)C(C)C)cc1. The summed E-state index contributed by atoms with van der Waals surface area (Å²) in [5.41, 5.74) is 1.37. The van der Waals surface area contributed by atoms with Crippen molar-refractivity contribution < 1.29 is 37.1 Å². The van der Waals surface area contributed by atoms with Crippen LogP contribution in [0, 0.1) is 5.92 Å². The number of methoxy groups -OCH3 is 1. The first-order valence-corrected chi connectivity index (χ1v) is 14.6. The van der Waals surface area contributed by atoms with Crippen LogP contribution >= 0.6 is 23.2 Å². The van der Waals surface area contributed by atoms with Gasteiger partial charge >= 0.3 is 6.18 Å². The Balaban J connectivity index is 1.94. The van der Waals surface area contributed by atoms with E-state index in [-0.39, 0.29) is 18.4 Å². The topological polar surface area (TPSA) is 114 Å². The summed E-state index contributed by atoms with van der Waals surface area (Å²) in [5, 5.41) is 8.20. The lowest BCUT2D eigenvalue weighted by molar-refractivity contribution is -0.175. The molecule has 0 saturated carbocycles. The lowest BCUT2D eigenvalue weighted by Gasteiger charge is -2.27. The van der Waals surface area contributed by atoms with Gasteiger partial charge in [0.15, 0.2) is 0 Å². The Bertz CT molecular complexity index is 1520. The fourth-order valence-corrected chi connectivity index (χ4v) is 4.90. The normalized spacial score (nSPS) is 13.4. The van der Waals surface area contributed by atoms with Crippen LogP contribution < -0.4 is 20.7 Å². The number of hydrogen-bond acceptors (Lipinski definition) is 5. The van der Waals surface area contributed by atoms with Crippen LogP contribution in [0.3, 0.4) is 0 Å². The second kappa shape index (κ2) is 15.8. The Morgan fingerprint density at radius 1 is 0.800 bits per heavy atom. The molecule has 0 bridgehead atoms. The Morgan fingerprint density at radius 2 is 1.38 bits per heavy atom. The minimum absolute atomic E-state index is 0.0359. The highest BCUT2D eigenvalue weighted by atomic mass is 35.5. The zero-order chi connectivity index (χ0) is 33.3. The lowest BCUT2D eigenvalue weighted by Crippen LogP contribution is -2.55. The molecule has 45 heavy (non-hydrogen) atoms. The monoisotopic (exact) mass is 665 g/mol. The van der Waals surface area contributed by atoms with E-state index in [1.165, 1.54) is 45.2 Å². The fourth-order valence-electron chi connectivity index (χ4n) is 4.47. The molecule has 3 rings (SSSR count). The summed E-state index contributed by atoms with van der Waals surface area (Å²) in [5.74, 6) is -5.02. The van der Waals surface area contributed by atoms with Crippen LogP contribution in [-0.2, 0) is 32.0 Å². The molecule has 3 aromatic carbocycles. The molecular weight excluding hydrogens is 634 g/mol. The largest absolute Gasteiger partial charge is 0.497 e. The molecule has 0 aliphatic carbocycles. The van der Waals surface area contributed by atoms with E-state index in [2.05, 4.69) is 16.0 Å². The van der Waals surface area contributed by atoms with Crippen LogP contribution in [-0.4, -0.2) is 48.9 Å². The summed E-state index contributed by atoms with van der Waals surface area (Å²) in [6.45, 7) is 2.71. The van der Waals surface area contributed by atoms with E-state index in [4.69, 9.17) is 27.9 Å². The number of hydrogen-bond donors (Lipinski definition) is 3. The van der Waals surface area contributed by atoms with Gasteiger partial charge in [-0.05, 0) is 59.0 Å². The van der Waals surface area contributed by atoms with Crippen LogP contribution in [0.15, 0.2) is 72.8 Å². The Hall–Kier alpha value is -4.09. The maximum Gasteiger partial charge on any atom is 0.452 e. The smallest absolute Gasteiger partial charge is 0.452 e. The van der Waals surface area contributed by atoms with Crippen LogP contribution in [0.5, 0.6) is 5.75 Å². The number of halogens is 5. The molecule has 8 nitrogen and oxygen atoms in total. The first-order valence-electron chi connectivity index (χ1n) is 13.8. The van der Waals surface area contributed by atoms with Crippen molar-refractivity contribution in [3.05, 3.63) is 99.5 Å². The number of rotatable bonds is 13. The minimum Gasteiger partial charge on any atom is -0.497 e. The molecule has 0 aromatic heterocycles. The molecule has 240 valence electrons. The van der Waals surface area contributed by atoms with E-state index in [1.807, 2.05) is 0 Å². The minimum atomic E-state index is -5.20. The van der Waals surface area contributed by atoms with Crippen molar-refractivity contribution in [1.82, 2.24) is 16.0 Å². The average Bonchev–Trinajstić information content (AvgIpc) is 2.97. The third kappa shape index (κ3) is 10.5. The first-order chi connectivity index (χ1) is 21.2. The van der Waals surface area contributed by atoms with E-state index >= 15 is 0 Å². The average molecular weight is 667 g/mol. The zero-order valence-electron chi connectivity index (χ0n) is 24.6. The highest BCUT2D eigenvalue weighted by Crippen LogP contribution is 2.24. The van der Waals surface area contributed by atoms with Crippen LogP contribution in [0.4, 0.5) is 13.2 Å². The third-order valence-corrected chi connectivity index (χ3v) is 7.23.